The summed E-state index contributed by atoms with van der Waals surface area (Å²) < 4.78 is 5.56. The Kier molecular flexibility index (Phi) is 5.43. The Morgan fingerprint density at radius 1 is 1.15 bits per heavy atom. The first-order valence-electron chi connectivity index (χ1n) is 4.99. The number of hydrogen-bond donors (Lipinski definition) is 1. The van der Waals surface area contributed by atoms with Gasteiger partial charge in [0.1, 0.15) is 0 Å². The Hall–Kier alpha value is 0.354. The van der Waals surface area contributed by atoms with Crippen molar-refractivity contribution in [2.75, 3.05) is 13.7 Å². The number of hydrogen-bond acceptors (Lipinski definition) is 2. The Morgan fingerprint density at radius 2 is 1.69 bits per heavy atom. The van der Waals surface area contributed by atoms with E-state index >= 15 is 0 Å². The highest BCUT2D eigenvalue weighted by Crippen LogP contribution is 2.24. The molecule has 0 fully saturated rings. The lowest BCUT2D eigenvalue weighted by molar-refractivity contribution is 0.294. The van der Waals surface area contributed by atoms with Crippen LogP contribution in [0.25, 0.3) is 0 Å². The monoisotopic (exact) mass is 220 g/mol. The second-order valence-electron chi connectivity index (χ2n) is 5.13. The van der Waals surface area contributed by atoms with E-state index in [0.717, 1.165) is 6.42 Å². The van der Waals surface area contributed by atoms with Crippen molar-refractivity contribution < 1.29 is 9.53 Å². The van der Waals surface area contributed by atoms with Crippen molar-refractivity contribution in [3.8, 4) is 0 Å². The maximum Gasteiger partial charge on any atom is 0.183 e. The lowest BCUT2D eigenvalue weighted by atomic mass is 10.5. The molecule has 0 bridgehead atoms. The van der Waals surface area contributed by atoms with Gasteiger partial charge in [-0.15, -0.1) is 0 Å². The first-order chi connectivity index (χ1) is 5.83. The first-order valence-corrected chi connectivity index (χ1v) is 11.5. The summed E-state index contributed by atoms with van der Waals surface area (Å²) in [6.45, 7) is 9.69. The van der Waals surface area contributed by atoms with Crippen molar-refractivity contribution in [3.05, 3.63) is 0 Å². The highest BCUT2D eigenvalue weighted by atomic mass is 28.4. The van der Waals surface area contributed by atoms with E-state index < -0.39 is 16.4 Å². The van der Waals surface area contributed by atoms with Crippen molar-refractivity contribution in [2.24, 2.45) is 0 Å². The molecule has 0 aliphatic carbocycles. The summed E-state index contributed by atoms with van der Waals surface area (Å²) >= 11 is 0. The van der Waals surface area contributed by atoms with Crippen LogP contribution in [-0.2, 0) is 4.43 Å². The standard InChI is InChI=1S/C9H24O2Si2/c1-11-13(4,5)9-12(2,3)8-6-7-10/h10H,6-9H2,1-5H3. The highest BCUT2D eigenvalue weighted by Gasteiger charge is 2.31. The van der Waals surface area contributed by atoms with Gasteiger partial charge in [-0.3, -0.25) is 0 Å². The van der Waals surface area contributed by atoms with Crippen LogP contribution in [0.2, 0.25) is 37.9 Å². The fourth-order valence-corrected chi connectivity index (χ4v) is 13.5. The van der Waals surface area contributed by atoms with Crippen molar-refractivity contribution in [1.29, 1.82) is 0 Å². The molecule has 0 rings (SSSR count). The Bertz CT molecular complexity index is 147. The fraction of sp³-hybridized carbons (Fsp3) is 1.00. The number of rotatable bonds is 6. The minimum atomic E-state index is -1.38. The van der Waals surface area contributed by atoms with Gasteiger partial charge < -0.3 is 9.53 Å². The van der Waals surface area contributed by atoms with E-state index in [1.807, 2.05) is 7.11 Å². The third kappa shape index (κ3) is 6.43. The van der Waals surface area contributed by atoms with Gasteiger partial charge in [-0.2, -0.15) is 0 Å². The van der Waals surface area contributed by atoms with Crippen molar-refractivity contribution in [2.45, 2.75) is 44.3 Å². The van der Waals surface area contributed by atoms with Crippen molar-refractivity contribution in [3.63, 3.8) is 0 Å². The SMILES string of the molecule is CO[Si](C)(C)C[Si](C)(C)CCCO. The van der Waals surface area contributed by atoms with Crippen LogP contribution in [0, 0.1) is 0 Å². The molecule has 1 N–H and O–H groups in total. The van der Waals surface area contributed by atoms with Gasteiger partial charge in [0.25, 0.3) is 0 Å². The van der Waals surface area contributed by atoms with Gasteiger partial charge in [0.15, 0.2) is 8.32 Å². The van der Waals surface area contributed by atoms with Gasteiger partial charge >= 0.3 is 0 Å². The number of aliphatic hydroxyl groups excluding tert-OH is 1. The molecule has 0 aromatic carbocycles. The maximum atomic E-state index is 8.79. The normalized spacial score (nSPS) is 13.4. The van der Waals surface area contributed by atoms with Crippen LogP contribution >= 0.6 is 0 Å². The van der Waals surface area contributed by atoms with E-state index in [2.05, 4.69) is 26.2 Å². The van der Waals surface area contributed by atoms with Crippen molar-refractivity contribution >= 4 is 16.4 Å². The summed E-state index contributed by atoms with van der Waals surface area (Å²) in [4.78, 5) is 0. The van der Waals surface area contributed by atoms with Gasteiger partial charge in [0.2, 0.25) is 0 Å². The van der Waals surface area contributed by atoms with E-state index in [1.165, 1.54) is 11.7 Å². The molecule has 0 radical (unpaired) electrons. The molecule has 0 amide bonds. The maximum absolute atomic E-state index is 8.79. The average molecular weight is 220 g/mol. The molecule has 80 valence electrons. The van der Waals surface area contributed by atoms with E-state index in [0.29, 0.717) is 6.61 Å². The Labute approximate surface area is 84.5 Å². The predicted octanol–water partition coefficient (Wildman–Crippen LogP) is 2.47. The quantitative estimate of drug-likeness (QED) is 0.697. The molecule has 4 heteroatoms. The molecule has 0 aliphatic rings. The van der Waals surface area contributed by atoms with E-state index in [1.54, 1.807) is 0 Å². The molecular formula is C9H24O2Si2. The summed E-state index contributed by atoms with van der Waals surface area (Å²) in [5, 5.41) is 8.79. The molecule has 0 heterocycles. The molecule has 0 atom stereocenters. The predicted molar refractivity (Wildman–Crippen MR) is 63.3 cm³/mol. The Balaban J connectivity index is 4.00. The lowest BCUT2D eigenvalue weighted by Gasteiger charge is -2.30. The third-order valence-corrected chi connectivity index (χ3v) is 12.5. The second kappa shape index (κ2) is 5.29. The number of aliphatic hydroxyl groups is 1. The zero-order valence-corrected chi connectivity index (χ0v) is 11.7. The molecule has 13 heavy (non-hydrogen) atoms. The van der Waals surface area contributed by atoms with Gasteiger partial charge in [0, 0.05) is 21.8 Å². The zero-order chi connectivity index (χ0) is 10.5. The lowest BCUT2D eigenvalue weighted by Crippen LogP contribution is -2.41. The topological polar surface area (TPSA) is 29.5 Å². The molecule has 0 spiro atoms. The summed E-state index contributed by atoms with van der Waals surface area (Å²) in [7, 11) is -0.650. The molecule has 0 aromatic rings. The van der Waals surface area contributed by atoms with Crippen LogP contribution in [-0.4, -0.2) is 35.2 Å². The average Bonchev–Trinajstić information content (AvgIpc) is 1.99. The summed E-state index contributed by atoms with van der Waals surface area (Å²) in [6, 6.07) is 1.23. The molecule has 0 aliphatic heterocycles. The largest absolute Gasteiger partial charge is 0.421 e. The van der Waals surface area contributed by atoms with Crippen LogP contribution in [0.5, 0.6) is 0 Å². The fourth-order valence-electron chi connectivity index (χ4n) is 1.87. The molecule has 0 aromatic heterocycles. The van der Waals surface area contributed by atoms with E-state index in [4.69, 9.17) is 9.53 Å². The van der Waals surface area contributed by atoms with E-state index in [-0.39, 0.29) is 0 Å². The van der Waals surface area contributed by atoms with Gasteiger partial charge in [0.05, 0.1) is 0 Å². The highest BCUT2D eigenvalue weighted by molar-refractivity contribution is 6.92. The van der Waals surface area contributed by atoms with Crippen molar-refractivity contribution in [1.82, 2.24) is 0 Å². The zero-order valence-electron chi connectivity index (χ0n) is 9.68. The van der Waals surface area contributed by atoms with Gasteiger partial charge in [-0.25, -0.2) is 0 Å². The third-order valence-electron chi connectivity index (χ3n) is 2.47. The van der Waals surface area contributed by atoms with Crippen LogP contribution in [0.1, 0.15) is 6.42 Å². The van der Waals surface area contributed by atoms with Crippen LogP contribution in [0.15, 0.2) is 0 Å². The smallest absolute Gasteiger partial charge is 0.183 e. The summed E-state index contributed by atoms with van der Waals surface area (Å²) in [6.07, 6.45) is 0.966. The van der Waals surface area contributed by atoms with E-state index in [9.17, 15) is 0 Å². The molecule has 2 nitrogen and oxygen atoms in total. The van der Waals surface area contributed by atoms with Crippen LogP contribution in [0.4, 0.5) is 0 Å². The first kappa shape index (κ1) is 13.4. The summed E-state index contributed by atoms with van der Waals surface area (Å²) in [5.74, 6) is 0. The van der Waals surface area contributed by atoms with Gasteiger partial charge in [-0.1, -0.05) is 19.1 Å². The molecule has 0 unspecified atom stereocenters. The summed E-state index contributed by atoms with van der Waals surface area (Å²) in [5.41, 5.74) is 1.30. The van der Waals surface area contributed by atoms with Crippen LogP contribution < -0.4 is 0 Å². The minimum Gasteiger partial charge on any atom is -0.421 e. The van der Waals surface area contributed by atoms with Gasteiger partial charge in [-0.05, 0) is 25.2 Å². The minimum absolute atomic E-state index is 0.339. The molecule has 0 saturated heterocycles. The molecule has 0 saturated carbocycles. The second-order valence-corrected chi connectivity index (χ2v) is 15.3. The molecular weight excluding hydrogens is 196 g/mol. The Morgan fingerprint density at radius 3 is 2.08 bits per heavy atom. The van der Waals surface area contributed by atoms with Crippen LogP contribution in [0.3, 0.4) is 0 Å².